The lowest BCUT2D eigenvalue weighted by Crippen LogP contribution is -2.11. The molecular weight excluding hydrogens is 470 g/mol. The molecule has 0 aliphatic heterocycles. The molecule has 170 valence electrons. The van der Waals surface area contributed by atoms with Gasteiger partial charge in [0, 0.05) is 11.9 Å². The van der Waals surface area contributed by atoms with Crippen LogP contribution in [-0.2, 0) is 12.4 Å². The monoisotopic (exact) mass is 482 g/mol. The summed E-state index contributed by atoms with van der Waals surface area (Å²) < 4.78 is 84.2. The molecular formula is C21H12F6N4OS. The Labute approximate surface area is 186 Å². The smallest absolute Gasteiger partial charge is 0.416 e. The Morgan fingerprint density at radius 1 is 0.788 bits per heavy atom. The minimum absolute atomic E-state index is 0.00744. The fourth-order valence-corrected chi connectivity index (χ4v) is 3.55. The number of benzene rings is 2. The molecule has 0 aliphatic rings. The highest BCUT2D eigenvalue weighted by atomic mass is 32.1. The summed E-state index contributed by atoms with van der Waals surface area (Å²) in [4.78, 5) is 4.17. The van der Waals surface area contributed by atoms with E-state index in [0.717, 1.165) is 11.3 Å². The standard InChI is InChI=1S/C21H12F6N4OS/c22-20(23,24)12-9-13(21(25,26)27)11-14(10-12)29-19-31-30-18(33-19)16-7-4-8-28-17(16)32-15-5-2-1-3-6-15/h1-11H,(H,29,31). The van der Waals surface area contributed by atoms with Crippen molar-refractivity contribution in [1.82, 2.24) is 15.2 Å². The summed E-state index contributed by atoms with van der Waals surface area (Å²) in [6.45, 7) is 0. The SMILES string of the molecule is FC(F)(F)c1cc(Nc2nnc(-c3cccnc3Oc3ccccc3)s2)cc(C(F)(F)F)c1. The Kier molecular flexibility index (Phi) is 5.93. The van der Waals surface area contributed by atoms with Crippen molar-refractivity contribution >= 4 is 22.2 Å². The average Bonchev–Trinajstić information content (AvgIpc) is 3.21. The molecule has 1 N–H and O–H groups in total. The highest BCUT2D eigenvalue weighted by Gasteiger charge is 2.37. The first kappa shape index (κ1) is 22.5. The van der Waals surface area contributed by atoms with Gasteiger partial charge in [-0.3, -0.25) is 0 Å². The Balaban J connectivity index is 1.63. The Bertz CT molecular complexity index is 1230. The second kappa shape index (κ2) is 8.70. The Hall–Kier alpha value is -3.67. The number of ether oxygens (including phenoxy) is 1. The molecule has 12 heteroatoms. The van der Waals surface area contributed by atoms with Crippen LogP contribution >= 0.6 is 11.3 Å². The minimum Gasteiger partial charge on any atom is -0.438 e. The normalized spacial score (nSPS) is 11.9. The van der Waals surface area contributed by atoms with Gasteiger partial charge in [-0.1, -0.05) is 29.5 Å². The summed E-state index contributed by atoms with van der Waals surface area (Å²) in [6, 6.07) is 13.3. The van der Waals surface area contributed by atoms with Crippen molar-refractivity contribution in [1.29, 1.82) is 0 Å². The largest absolute Gasteiger partial charge is 0.438 e. The lowest BCUT2D eigenvalue weighted by molar-refractivity contribution is -0.143. The number of rotatable bonds is 5. The van der Waals surface area contributed by atoms with E-state index in [1.165, 1.54) is 6.20 Å². The lowest BCUT2D eigenvalue weighted by atomic mass is 10.1. The molecule has 0 fully saturated rings. The summed E-state index contributed by atoms with van der Waals surface area (Å²) in [5.41, 5.74) is -2.84. The number of aromatic nitrogens is 3. The Morgan fingerprint density at radius 2 is 1.45 bits per heavy atom. The first-order valence-corrected chi connectivity index (χ1v) is 9.99. The van der Waals surface area contributed by atoms with Crippen molar-refractivity contribution in [3.63, 3.8) is 0 Å². The zero-order valence-corrected chi connectivity index (χ0v) is 17.1. The van der Waals surface area contributed by atoms with Gasteiger partial charge in [0.1, 0.15) is 5.75 Å². The van der Waals surface area contributed by atoms with E-state index in [1.807, 2.05) is 6.07 Å². The van der Waals surface area contributed by atoms with Crippen LogP contribution in [0, 0.1) is 0 Å². The predicted octanol–water partition coefficient (Wildman–Crippen LogP) is 7.17. The van der Waals surface area contributed by atoms with Crippen molar-refractivity contribution in [2.24, 2.45) is 0 Å². The van der Waals surface area contributed by atoms with Crippen molar-refractivity contribution in [3.05, 3.63) is 78.0 Å². The van der Waals surface area contributed by atoms with Gasteiger partial charge in [-0.15, -0.1) is 10.2 Å². The minimum atomic E-state index is -4.95. The van der Waals surface area contributed by atoms with Gasteiger partial charge in [-0.2, -0.15) is 26.3 Å². The predicted molar refractivity (Wildman–Crippen MR) is 109 cm³/mol. The summed E-state index contributed by atoms with van der Waals surface area (Å²) in [5.74, 6) is 0.730. The maximum atomic E-state index is 13.1. The topological polar surface area (TPSA) is 59.9 Å². The van der Waals surface area contributed by atoms with Crippen LogP contribution in [0.5, 0.6) is 11.6 Å². The van der Waals surface area contributed by atoms with Crippen LogP contribution in [0.4, 0.5) is 37.2 Å². The van der Waals surface area contributed by atoms with E-state index in [0.29, 0.717) is 28.5 Å². The lowest BCUT2D eigenvalue weighted by Gasteiger charge is -2.14. The third kappa shape index (κ3) is 5.40. The van der Waals surface area contributed by atoms with Crippen molar-refractivity contribution < 1.29 is 31.1 Å². The maximum Gasteiger partial charge on any atom is 0.416 e. The number of pyridine rings is 1. The van der Waals surface area contributed by atoms with Crippen molar-refractivity contribution in [3.8, 4) is 22.2 Å². The van der Waals surface area contributed by atoms with Crippen LogP contribution in [0.25, 0.3) is 10.6 Å². The van der Waals surface area contributed by atoms with E-state index in [1.54, 1.807) is 36.4 Å². The third-order valence-electron chi connectivity index (χ3n) is 4.22. The van der Waals surface area contributed by atoms with Gasteiger partial charge in [-0.25, -0.2) is 4.98 Å². The average molecular weight is 482 g/mol. The third-order valence-corrected chi connectivity index (χ3v) is 5.10. The first-order valence-electron chi connectivity index (χ1n) is 9.18. The van der Waals surface area contributed by atoms with E-state index in [2.05, 4.69) is 20.5 Å². The molecule has 0 bridgehead atoms. The molecule has 0 saturated heterocycles. The van der Waals surface area contributed by atoms with Gasteiger partial charge in [0.25, 0.3) is 0 Å². The number of hydrogen-bond acceptors (Lipinski definition) is 6. The second-order valence-corrected chi connectivity index (χ2v) is 7.58. The molecule has 2 aromatic heterocycles. The van der Waals surface area contributed by atoms with E-state index in [4.69, 9.17) is 4.74 Å². The number of nitrogens with one attached hydrogen (secondary N) is 1. The van der Waals surface area contributed by atoms with Gasteiger partial charge in [0.2, 0.25) is 11.0 Å². The number of anilines is 2. The molecule has 0 unspecified atom stereocenters. The van der Waals surface area contributed by atoms with E-state index in [9.17, 15) is 26.3 Å². The van der Waals surface area contributed by atoms with E-state index < -0.39 is 29.2 Å². The number of halogens is 6. The van der Waals surface area contributed by atoms with E-state index >= 15 is 0 Å². The number of alkyl halides is 6. The highest BCUT2D eigenvalue weighted by Crippen LogP contribution is 2.39. The zero-order chi connectivity index (χ0) is 23.6. The molecule has 0 atom stereocenters. The van der Waals surface area contributed by atoms with Gasteiger partial charge >= 0.3 is 12.4 Å². The van der Waals surface area contributed by atoms with Crippen LogP contribution < -0.4 is 10.1 Å². The fraction of sp³-hybridized carbons (Fsp3) is 0.0952. The van der Waals surface area contributed by atoms with Crippen LogP contribution in [0.3, 0.4) is 0 Å². The molecule has 5 nitrogen and oxygen atoms in total. The fourth-order valence-electron chi connectivity index (χ4n) is 2.77. The van der Waals surface area contributed by atoms with Gasteiger partial charge in [-0.05, 0) is 42.5 Å². The van der Waals surface area contributed by atoms with Gasteiger partial charge < -0.3 is 10.1 Å². The van der Waals surface area contributed by atoms with Gasteiger partial charge in [0.15, 0.2) is 5.01 Å². The number of para-hydroxylation sites is 1. The maximum absolute atomic E-state index is 13.1. The highest BCUT2D eigenvalue weighted by molar-refractivity contribution is 7.18. The molecule has 33 heavy (non-hydrogen) atoms. The van der Waals surface area contributed by atoms with Crippen molar-refractivity contribution in [2.75, 3.05) is 5.32 Å². The van der Waals surface area contributed by atoms with Crippen LogP contribution in [0.1, 0.15) is 11.1 Å². The molecule has 0 aliphatic carbocycles. The molecule has 0 saturated carbocycles. The summed E-state index contributed by atoms with van der Waals surface area (Å²) in [6.07, 6.45) is -8.41. The molecule has 0 amide bonds. The summed E-state index contributed by atoms with van der Waals surface area (Å²) >= 11 is 0.916. The van der Waals surface area contributed by atoms with E-state index in [-0.39, 0.29) is 17.1 Å². The molecule has 4 aromatic rings. The van der Waals surface area contributed by atoms with Crippen LogP contribution in [-0.4, -0.2) is 15.2 Å². The molecule has 0 spiro atoms. The molecule has 4 rings (SSSR count). The molecule has 2 aromatic carbocycles. The Morgan fingerprint density at radius 3 is 2.09 bits per heavy atom. The van der Waals surface area contributed by atoms with Crippen molar-refractivity contribution in [2.45, 2.75) is 12.4 Å². The van der Waals surface area contributed by atoms with Crippen LogP contribution in [0.15, 0.2) is 66.9 Å². The second-order valence-electron chi connectivity index (χ2n) is 6.60. The quantitative estimate of drug-likeness (QED) is 0.306. The van der Waals surface area contributed by atoms with Crippen LogP contribution in [0.2, 0.25) is 0 Å². The number of hydrogen-bond donors (Lipinski definition) is 1. The first-order chi connectivity index (χ1) is 15.6. The summed E-state index contributed by atoms with van der Waals surface area (Å²) in [7, 11) is 0. The summed E-state index contributed by atoms with van der Waals surface area (Å²) in [5, 5.41) is 10.6. The number of nitrogens with zero attached hydrogens (tertiary/aromatic N) is 3. The zero-order valence-electron chi connectivity index (χ0n) is 16.3. The van der Waals surface area contributed by atoms with Gasteiger partial charge in [0.05, 0.1) is 16.7 Å². The molecule has 2 heterocycles. The molecule has 0 radical (unpaired) electrons.